The van der Waals surface area contributed by atoms with Crippen LogP contribution in [0.25, 0.3) is 0 Å². The van der Waals surface area contributed by atoms with E-state index in [1.165, 1.54) is 0 Å². The number of para-hydroxylation sites is 1. The van der Waals surface area contributed by atoms with Gasteiger partial charge >= 0.3 is 0 Å². The number of carbonyl (C=O) groups is 3. The van der Waals surface area contributed by atoms with E-state index in [-0.39, 0.29) is 36.4 Å². The molecule has 1 saturated heterocycles. The molecule has 2 amide bonds. The van der Waals surface area contributed by atoms with E-state index in [1.54, 1.807) is 31.4 Å². The van der Waals surface area contributed by atoms with Gasteiger partial charge in [0.25, 0.3) is 0 Å². The Labute approximate surface area is 209 Å². The summed E-state index contributed by atoms with van der Waals surface area (Å²) in [5, 5.41) is 5.70. The van der Waals surface area contributed by atoms with Gasteiger partial charge in [-0.25, -0.2) is 0 Å². The Kier molecular flexibility index (Phi) is 6.54. The summed E-state index contributed by atoms with van der Waals surface area (Å²) in [5.41, 5.74) is 2.03. The fourth-order valence-electron chi connectivity index (χ4n) is 4.76. The molecular formula is C29H26N2O5. The number of Topliss-reactive ketones (excluding diaryl/α,β-unsaturated/α-hetero) is 1. The van der Waals surface area contributed by atoms with E-state index in [9.17, 15) is 14.4 Å². The fourth-order valence-corrected chi connectivity index (χ4v) is 4.76. The van der Waals surface area contributed by atoms with Crippen LogP contribution in [0.5, 0.6) is 17.2 Å². The number of hydrogen-bond donors (Lipinski definition) is 2. The molecule has 1 fully saturated rings. The highest BCUT2D eigenvalue weighted by Crippen LogP contribution is 2.39. The third-order valence-corrected chi connectivity index (χ3v) is 6.56. The molecule has 3 aromatic rings. The number of carbonyl (C=O) groups excluding carboxylic acids is 3. The summed E-state index contributed by atoms with van der Waals surface area (Å²) < 4.78 is 11.0. The van der Waals surface area contributed by atoms with Crippen LogP contribution in [0, 0.1) is 11.8 Å². The minimum Gasteiger partial charge on any atom is -0.497 e. The summed E-state index contributed by atoms with van der Waals surface area (Å²) in [5.74, 6) is -0.213. The molecule has 3 atom stereocenters. The predicted octanol–water partition coefficient (Wildman–Crippen LogP) is 4.82. The average Bonchev–Trinajstić information content (AvgIpc) is 2.89. The SMILES string of the molecule is COc1ccc([C@H]2C=C3NC(=O)C[C@H](C(=O)Nc4ccc(Oc5ccccc5)cc4)[C@H]3C(=O)C2)cc1. The number of methoxy groups -OCH3 is 1. The number of ketones is 1. The molecule has 0 saturated carbocycles. The second-order valence-corrected chi connectivity index (χ2v) is 8.94. The van der Waals surface area contributed by atoms with E-state index in [1.807, 2.05) is 60.7 Å². The van der Waals surface area contributed by atoms with Crippen LogP contribution < -0.4 is 20.1 Å². The first-order valence-electron chi connectivity index (χ1n) is 11.8. The van der Waals surface area contributed by atoms with Gasteiger partial charge in [-0.2, -0.15) is 0 Å². The second kappa shape index (κ2) is 10.1. The number of anilines is 1. The van der Waals surface area contributed by atoms with Crippen LogP contribution in [0.2, 0.25) is 0 Å². The predicted molar refractivity (Wildman–Crippen MR) is 135 cm³/mol. The van der Waals surface area contributed by atoms with Crippen LogP contribution in [-0.2, 0) is 14.4 Å². The number of nitrogens with one attached hydrogen (secondary N) is 2. The topological polar surface area (TPSA) is 93.7 Å². The quantitative estimate of drug-likeness (QED) is 0.526. The lowest BCUT2D eigenvalue weighted by atomic mass is 9.72. The maximum absolute atomic E-state index is 13.2. The van der Waals surface area contributed by atoms with Crippen molar-refractivity contribution in [1.82, 2.24) is 5.32 Å². The Hall–Kier alpha value is -4.39. The van der Waals surface area contributed by atoms with Crippen LogP contribution >= 0.6 is 0 Å². The van der Waals surface area contributed by atoms with Crippen LogP contribution in [-0.4, -0.2) is 24.7 Å². The van der Waals surface area contributed by atoms with Crippen LogP contribution in [0.4, 0.5) is 5.69 Å². The molecule has 2 N–H and O–H groups in total. The van der Waals surface area contributed by atoms with Gasteiger partial charge in [0.15, 0.2) is 0 Å². The first-order chi connectivity index (χ1) is 17.5. The minimum absolute atomic E-state index is 0.0397. The smallest absolute Gasteiger partial charge is 0.229 e. The number of ether oxygens (including phenoxy) is 2. The van der Waals surface area contributed by atoms with Crippen molar-refractivity contribution in [2.45, 2.75) is 18.8 Å². The Bertz CT molecular complexity index is 1300. The number of piperidine rings is 1. The number of fused-ring (bicyclic) bond motifs is 1. The van der Waals surface area contributed by atoms with Crippen molar-refractivity contribution in [1.29, 1.82) is 0 Å². The average molecular weight is 483 g/mol. The van der Waals surface area contributed by atoms with Gasteiger partial charge < -0.3 is 20.1 Å². The molecule has 1 aliphatic carbocycles. The standard InChI is InChI=1S/C29H26N2O5/c1-35-21-11-7-18(8-12-21)19-15-25-28(26(32)16-19)24(17-27(33)31-25)29(34)30-20-9-13-23(14-10-20)36-22-5-3-2-4-6-22/h2-15,19,24,28H,16-17H2,1H3,(H,30,34)(H,31,33)/t19-,24-,28+/m0/s1. The number of rotatable bonds is 6. The molecule has 0 aromatic heterocycles. The number of allylic oxidation sites excluding steroid dienone is 2. The van der Waals surface area contributed by atoms with Gasteiger partial charge in [-0.1, -0.05) is 36.4 Å². The molecule has 0 unspecified atom stereocenters. The highest BCUT2D eigenvalue weighted by atomic mass is 16.5. The normalized spacial score (nSPS) is 21.0. The summed E-state index contributed by atoms with van der Waals surface area (Å²) >= 11 is 0. The lowest BCUT2D eigenvalue weighted by Gasteiger charge is -2.36. The molecule has 2 aliphatic rings. The number of hydrogen-bond acceptors (Lipinski definition) is 5. The van der Waals surface area contributed by atoms with Gasteiger partial charge in [0.2, 0.25) is 11.8 Å². The molecule has 3 aromatic carbocycles. The van der Waals surface area contributed by atoms with Gasteiger partial charge in [0.1, 0.15) is 23.0 Å². The van der Waals surface area contributed by atoms with Crippen molar-refractivity contribution in [3.05, 3.63) is 96.2 Å². The maximum atomic E-state index is 13.2. The molecule has 7 heteroatoms. The van der Waals surface area contributed by atoms with Gasteiger partial charge in [-0.05, 0) is 54.1 Å². The van der Waals surface area contributed by atoms with Crippen LogP contribution in [0.3, 0.4) is 0 Å². The van der Waals surface area contributed by atoms with Crippen LogP contribution in [0.1, 0.15) is 24.3 Å². The molecule has 0 radical (unpaired) electrons. The van der Waals surface area contributed by atoms with E-state index in [0.29, 0.717) is 22.9 Å². The van der Waals surface area contributed by atoms with E-state index in [4.69, 9.17) is 9.47 Å². The molecule has 0 bridgehead atoms. The van der Waals surface area contributed by atoms with E-state index in [2.05, 4.69) is 10.6 Å². The summed E-state index contributed by atoms with van der Waals surface area (Å²) in [6.45, 7) is 0. The largest absolute Gasteiger partial charge is 0.497 e. The third kappa shape index (κ3) is 5.00. The summed E-state index contributed by atoms with van der Waals surface area (Å²) in [4.78, 5) is 38.9. The first-order valence-corrected chi connectivity index (χ1v) is 11.8. The molecule has 0 spiro atoms. The zero-order valence-electron chi connectivity index (χ0n) is 19.8. The zero-order valence-corrected chi connectivity index (χ0v) is 19.8. The van der Waals surface area contributed by atoms with E-state index in [0.717, 1.165) is 11.3 Å². The summed E-state index contributed by atoms with van der Waals surface area (Å²) in [6.07, 6.45) is 2.13. The van der Waals surface area contributed by atoms with Crippen molar-refractivity contribution in [3.63, 3.8) is 0 Å². The monoisotopic (exact) mass is 482 g/mol. The Morgan fingerprint density at radius 2 is 1.53 bits per heavy atom. The van der Waals surface area contributed by atoms with Crippen molar-refractivity contribution in [2.24, 2.45) is 11.8 Å². The number of benzene rings is 3. The Morgan fingerprint density at radius 3 is 2.22 bits per heavy atom. The number of amides is 2. The van der Waals surface area contributed by atoms with Gasteiger partial charge in [-0.15, -0.1) is 0 Å². The Morgan fingerprint density at radius 1 is 0.861 bits per heavy atom. The third-order valence-electron chi connectivity index (χ3n) is 6.56. The molecule has 7 nitrogen and oxygen atoms in total. The van der Waals surface area contributed by atoms with E-state index >= 15 is 0 Å². The van der Waals surface area contributed by atoms with E-state index < -0.39 is 11.8 Å². The fraction of sp³-hybridized carbons (Fsp3) is 0.207. The molecule has 1 heterocycles. The van der Waals surface area contributed by atoms with Crippen molar-refractivity contribution >= 4 is 23.3 Å². The highest BCUT2D eigenvalue weighted by Gasteiger charge is 2.44. The second-order valence-electron chi connectivity index (χ2n) is 8.94. The lowest BCUT2D eigenvalue weighted by Crippen LogP contribution is -2.48. The molecule has 36 heavy (non-hydrogen) atoms. The minimum atomic E-state index is -0.769. The first kappa shape index (κ1) is 23.4. The molecule has 5 rings (SSSR count). The maximum Gasteiger partial charge on any atom is 0.229 e. The molecular weight excluding hydrogens is 456 g/mol. The van der Waals surface area contributed by atoms with Gasteiger partial charge in [0.05, 0.1) is 18.9 Å². The highest BCUT2D eigenvalue weighted by molar-refractivity contribution is 6.02. The van der Waals surface area contributed by atoms with Crippen LogP contribution in [0.15, 0.2) is 90.6 Å². The van der Waals surface area contributed by atoms with Gasteiger partial charge in [0, 0.05) is 30.1 Å². The Balaban J connectivity index is 1.30. The summed E-state index contributed by atoms with van der Waals surface area (Å²) in [7, 11) is 1.60. The summed E-state index contributed by atoms with van der Waals surface area (Å²) in [6, 6.07) is 23.9. The van der Waals surface area contributed by atoms with Crippen molar-refractivity contribution in [2.75, 3.05) is 12.4 Å². The molecule has 182 valence electrons. The van der Waals surface area contributed by atoms with Crippen molar-refractivity contribution in [3.8, 4) is 17.2 Å². The lowest BCUT2D eigenvalue weighted by molar-refractivity contribution is -0.136. The van der Waals surface area contributed by atoms with Crippen molar-refractivity contribution < 1.29 is 23.9 Å². The zero-order chi connectivity index (χ0) is 25.1. The van der Waals surface area contributed by atoms with Gasteiger partial charge in [-0.3, -0.25) is 14.4 Å². The molecule has 1 aliphatic heterocycles.